The van der Waals surface area contributed by atoms with Crippen molar-refractivity contribution in [3.8, 4) is 5.75 Å². The summed E-state index contributed by atoms with van der Waals surface area (Å²) in [6.45, 7) is 0.311. The Balaban J connectivity index is 2.12. The van der Waals surface area contributed by atoms with Gasteiger partial charge < -0.3 is 9.84 Å². The highest BCUT2D eigenvalue weighted by Crippen LogP contribution is 2.30. The van der Waals surface area contributed by atoms with E-state index in [2.05, 4.69) is 15.9 Å². The van der Waals surface area contributed by atoms with Gasteiger partial charge in [0, 0.05) is 6.61 Å². The highest BCUT2D eigenvalue weighted by atomic mass is 79.9. The van der Waals surface area contributed by atoms with E-state index in [4.69, 9.17) is 9.84 Å². The molecule has 2 aromatic carbocycles. The van der Waals surface area contributed by atoms with E-state index < -0.39 is 5.82 Å². The van der Waals surface area contributed by atoms with Crippen LogP contribution in [0, 0.1) is 5.82 Å². The molecular weight excluding hydrogens is 311 g/mol. The van der Waals surface area contributed by atoms with Gasteiger partial charge >= 0.3 is 0 Å². The van der Waals surface area contributed by atoms with Crippen LogP contribution in [0.4, 0.5) is 4.39 Å². The number of benzene rings is 2. The first-order valence-electron chi connectivity index (χ1n) is 5.96. The van der Waals surface area contributed by atoms with Crippen LogP contribution in [0.2, 0.25) is 0 Å². The zero-order chi connectivity index (χ0) is 13.7. The first-order chi connectivity index (χ1) is 9.20. The molecule has 0 unspecified atom stereocenters. The Morgan fingerprint density at radius 1 is 1.11 bits per heavy atom. The third kappa shape index (κ3) is 3.78. The van der Waals surface area contributed by atoms with Gasteiger partial charge in [-0.15, -0.1) is 0 Å². The molecule has 0 aromatic heterocycles. The zero-order valence-corrected chi connectivity index (χ0v) is 11.9. The molecule has 4 heteroatoms. The molecule has 0 aliphatic rings. The first-order valence-corrected chi connectivity index (χ1v) is 6.75. The van der Waals surface area contributed by atoms with E-state index in [1.807, 2.05) is 30.3 Å². The quantitative estimate of drug-likeness (QED) is 0.908. The normalized spacial score (nSPS) is 10.5. The number of hydrogen-bond donors (Lipinski definition) is 1. The molecule has 2 nitrogen and oxygen atoms in total. The van der Waals surface area contributed by atoms with Crippen molar-refractivity contribution in [1.82, 2.24) is 0 Å². The van der Waals surface area contributed by atoms with Crippen LogP contribution in [0.25, 0.3) is 0 Å². The summed E-state index contributed by atoms with van der Waals surface area (Å²) in [4.78, 5) is 0. The van der Waals surface area contributed by atoms with Gasteiger partial charge in [-0.2, -0.15) is 0 Å². The van der Waals surface area contributed by atoms with Crippen molar-refractivity contribution in [2.24, 2.45) is 0 Å². The van der Waals surface area contributed by atoms with Gasteiger partial charge in [0.15, 0.2) is 11.6 Å². The van der Waals surface area contributed by atoms with E-state index in [0.717, 1.165) is 11.1 Å². The van der Waals surface area contributed by atoms with Crippen LogP contribution < -0.4 is 4.74 Å². The molecule has 2 rings (SSSR count). The van der Waals surface area contributed by atoms with Gasteiger partial charge in [-0.25, -0.2) is 4.39 Å². The fraction of sp³-hybridized carbons (Fsp3) is 0.200. The Hall–Kier alpha value is -1.39. The molecule has 0 heterocycles. The predicted molar refractivity (Wildman–Crippen MR) is 75.7 cm³/mol. The Labute approximate surface area is 120 Å². The fourth-order valence-corrected chi connectivity index (χ4v) is 2.35. The standard InChI is InChI=1S/C15H14BrFO2/c16-13-8-12(6-7-18)9-14(17)15(13)19-10-11-4-2-1-3-5-11/h1-5,8-9,18H,6-7,10H2. The van der Waals surface area contributed by atoms with E-state index in [0.29, 0.717) is 17.5 Å². The van der Waals surface area contributed by atoms with Crippen LogP contribution in [0.5, 0.6) is 5.75 Å². The molecule has 0 amide bonds. The average molecular weight is 325 g/mol. The minimum absolute atomic E-state index is 0.00387. The molecule has 0 saturated carbocycles. The van der Waals surface area contributed by atoms with E-state index in [9.17, 15) is 4.39 Å². The van der Waals surface area contributed by atoms with Crippen LogP contribution >= 0.6 is 15.9 Å². The summed E-state index contributed by atoms with van der Waals surface area (Å²) in [7, 11) is 0. The third-order valence-corrected chi connectivity index (χ3v) is 3.27. The summed E-state index contributed by atoms with van der Waals surface area (Å²) in [5.74, 6) is -0.223. The second-order valence-corrected chi connectivity index (χ2v) is 4.99. The van der Waals surface area contributed by atoms with Crippen LogP contribution in [0.1, 0.15) is 11.1 Å². The van der Waals surface area contributed by atoms with Crippen molar-refractivity contribution in [3.63, 3.8) is 0 Å². The van der Waals surface area contributed by atoms with Crippen LogP contribution in [-0.4, -0.2) is 11.7 Å². The average Bonchev–Trinajstić information content (AvgIpc) is 2.39. The first kappa shape index (κ1) is 14.0. The Morgan fingerprint density at radius 3 is 2.47 bits per heavy atom. The summed E-state index contributed by atoms with van der Waals surface area (Å²) in [5, 5.41) is 8.85. The van der Waals surface area contributed by atoms with Crippen molar-refractivity contribution in [2.75, 3.05) is 6.61 Å². The predicted octanol–water partition coefficient (Wildman–Crippen LogP) is 3.70. The van der Waals surface area contributed by atoms with Crippen molar-refractivity contribution in [3.05, 3.63) is 63.9 Å². The molecule has 0 bridgehead atoms. The summed E-state index contributed by atoms with van der Waals surface area (Å²) < 4.78 is 20.0. The number of hydrogen-bond acceptors (Lipinski definition) is 2. The minimum Gasteiger partial charge on any atom is -0.485 e. The topological polar surface area (TPSA) is 29.5 Å². The van der Waals surface area contributed by atoms with Gasteiger partial charge in [-0.05, 0) is 45.6 Å². The van der Waals surface area contributed by atoms with E-state index in [1.165, 1.54) is 6.07 Å². The number of rotatable bonds is 5. The molecule has 0 saturated heterocycles. The van der Waals surface area contributed by atoms with E-state index in [-0.39, 0.29) is 12.4 Å². The largest absolute Gasteiger partial charge is 0.485 e. The number of ether oxygens (including phenoxy) is 1. The Bertz CT molecular complexity index is 520. The fourth-order valence-electron chi connectivity index (χ4n) is 1.75. The van der Waals surface area contributed by atoms with Gasteiger partial charge in [0.1, 0.15) is 6.61 Å². The Kier molecular flexibility index (Phi) is 4.93. The second-order valence-electron chi connectivity index (χ2n) is 4.14. The van der Waals surface area contributed by atoms with Crippen LogP contribution in [0.15, 0.2) is 46.9 Å². The van der Waals surface area contributed by atoms with E-state index >= 15 is 0 Å². The highest BCUT2D eigenvalue weighted by molar-refractivity contribution is 9.10. The smallest absolute Gasteiger partial charge is 0.169 e. The molecular formula is C15H14BrFO2. The number of aliphatic hydroxyl groups excluding tert-OH is 1. The lowest BCUT2D eigenvalue weighted by atomic mass is 10.1. The number of aliphatic hydroxyl groups is 1. The lowest BCUT2D eigenvalue weighted by Gasteiger charge is -2.11. The van der Waals surface area contributed by atoms with Crippen molar-refractivity contribution in [1.29, 1.82) is 0 Å². The lowest BCUT2D eigenvalue weighted by molar-refractivity contribution is 0.286. The van der Waals surface area contributed by atoms with Crippen molar-refractivity contribution >= 4 is 15.9 Å². The van der Waals surface area contributed by atoms with Crippen molar-refractivity contribution < 1.29 is 14.2 Å². The van der Waals surface area contributed by atoms with Gasteiger partial charge in [-0.1, -0.05) is 30.3 Å². The maximum Gasteiger partial charge on any atom is 0.169 e. The minimum atomic E-state index is -0.422. The highest BCUT2D eigenvalue weighted by Gasteiger charge is 2.11. The Morgan fingerprint density at radius 2 is 1.84 bits per heavy atom. The van der Waals surface area contributed by atoms with Gasteiger partial charge in [-0.3, -0.25) is 0 Å². The van der Waals surface area contributed by atoms with Gasteiger partial charge in [0.2, 0.25) is 0 Å². The summed E-state index contributed by atoms with van der Waals surface area (Å²) in [5.41, 5.74) is 1.71. The molecule has 0 spiro atoms. The maximum atomic E-state index is 13.9. The third-order valence-electron chi connectivity index (χ3n) is 2.68. The molecule has 0 aliphatic heterocycles. The van der Waals surface area contributed by atoms with E-state index in [1.54, 1.807) is 6.07 Å². The summed E-state index contributed by atoms with van der Waals surface area (Å²) in [6.07, 6.45) is 0.425. The molecule has 0 fully saturated rings. The van der Waals surface area contributed by atoms with Crippen molar-refractivity contribution in [2.45, 2.75) is 13.0 Å². The molecule has 19 heavy (non-hydrogen) atoms. The SMILES string of the molecule is OCCc1cc(F)c(OCc2ccccc2)c(Br)c1. The maximum absolute atomic E-state index is 13.9. The molecule has 100 valence electrons. The summed E-state index contributed by atoms with van der Waals surface area (Å²) >= 11 is 3.29. The van der Waals surface area contributed by atoms with Gasteiger partial charge in [0.25, 0.3) is 0 Å². The molecule has 0 aliphatic carbocycles. The number of halogens is 2. The molecule has 2 aromatic rings. The zero-order valence-electron chi connectivity index (χ0n) is 10.3. The van der Waals surface area contributed by atoms with Crippen LogP contribution in [0.3, 0.4) is 0 Å². The molecule has 0 radical (unpaired) electrons. The summed E-state index contributed by atoms with van der Waals surface area (Å²) in [6, 6.07) is 12.7. The monoisotopic (exact) mass is 324 g/mol. The lowest BCUT2D eigenvalue weighted by Crippen LogP contribution is -2.00. The second kappa shape index (κ2) is 6.68. The van der Waals surface area contributed by atoms with Crippen LogP contribution in [-0.2, 0) is 13.0 Å². The molecule has 1 N–H and O–H groups in total. The molecule has 0 atom stereocenters. The van der Waals surface area contributed by atoms with Gasteiger partial charge in [0.05, 0.1) is 4.47 Å².